The lowest BCUT2D eigenvalue weighted by atomic mass is 9.93. The maximum Gasteiger partial charge on any atom is 0.288 e. The van der Waals surface area contributed by atoms with Crippen LogP contribution in [0.1, 0.15) is 69.1 Å². The SMILES string of the molecule is CSNc1nn(C2COC2)c2c(-c3ccc(C#CC(C)(C)SC4CC4)nc3C(Cc3cc(F)cc(F)c3)NC(=O)CNC3=C(C(=N)C(F)F)[C@@H](C)CC3(F)F)ccc(Cl)c12. The van der Waals surface area contributed by atoms with Crippen LogP contribution in [0.15, 0.2) is 53.7 Å². The van der Waals surface area contributed by atoms with Gasteiger partial charge in [-0.1, -0.05) is 42.5 Å². The highest BCUT2D eigenvalue weighted by atomic mass is 35.5. The number of nitrogens with zero attached hydrogens (tertiary/aromatic N) is 3. The second kappa shape index (κ2) is 17.5. The van der Waals surface area contributed by atoms with Gasteiger partial charge in [-0.05, 0) is 80.8 Å². The molecule has 0 spiro atoms. The van der Waals surface area contributed by atoms with E-state index in [1.54, 1.807) is 36.0 Å². The number of rotatable bonds is 15. The molecule has 1 saturated carbocycles. The van der Waals surface area contributed by atoms with E-state index in [1.165, 1.54) is 18.9 Å². The first-order valence-corrected chi connectivity index (χ1v) is 21.7. The van der Waals surface area contributed by atoms with Crippen LogP contribution in [-0.2, 0) is 16.0 Å². The quantitative estimate of drug-likeness (QED) is 0.0404. The lowest BCUT2D eigenvalue weighted by molar-refractivity contribution is -0.121. The fourth-order valence-electron chi connectivity index (χ4n) is 7.51. The summed E-state index contributed by atoms with van der Waals surface area (Å²) in [6.07, 6.45) is -0.283. The molecule has 0 radical (unpaired) electrons. The Kier molecular flexibility index (Phi) is 12.8. The van der Waals surface area contributed by atoms with E-state index in [2.05, 4.69) is 27.2 Å². The molecular formula is C42H42ClF6N7O2S2. The number of benzene rings is 2. The summed E-state index contributed by atoms with van der Waals surface area (Å²) in [5.74, 6) is -0.290. The van der Waals surface area contributed by atoms with Crippen LogP contribution in [0, 0.1) is 34.8 Å². The molecule has 18 heteroatoms. The summed E-state index contributed by atoms with van der Waals surface area (Å²) >= 11 is 9.93. The second-order valence-electron chi connectivity index (χ2n) is 15.6. The predicted octanol–water partition coefficient (Wildman–Crippen LogP) is 9.52. The highest BCUT2D eigenvalue weighted by Gasteiger charge is 2.48. The third-order valence-electron chi connectivity index (χ3n) is 10.3. The highest BCUT2D eigenvalue weighted by molar-refractivity contribution is 8.01. The first kappa shape index (κ1) is 43.7. The average molecular weight is 890 g/mol. The van der Waals surface area contributed by atoms with Gasteiger partial charge in [0.25, 0.3) is 12.3 Å². The van der Waals surface area contributed by atoms with Crippen LogP contribution in [0.4, 0.5) is 32.2 Å². The van der Waals surface area contributed by atoms with E-state index >= 15 is 8.78 Å². The molecule has 1 unspecified atom stereocenters. The Morgan fingerprint density at radius 3 is 2.45 bits per heavy atom. The fourth-order valence-corrected chi connectivity index (χ4v) is 9.40. The van der Waals surface area contributed by atoms with Crippen LogP contribution in [0.25, 0.3) is 22.0 Å². The summed E-state index contributed by atoms with van der Waals surface area (Å²) in [5, 5.41) is 19.4. The summed E-state index contributed by atoms with van der Waals surface area (Å²) in [7, 11) is 0. The van der Waals surface area contributed by atoms with Crippen molar-refractivity contribution in [2.45, 2.75) is 80.9 Å². The summed E-state index contributed by atoms with van der Waals surface area (Å²) < 4.78 is 97.2. The van der Waals surface area contributed by atoms with Gasteiger partial charge in [-0.3, -0.25) is 14.9 Å². The van der Waals surface area contributed by atoms with Gasteiger partial charge in [0, 0.05) is 40.7 Å². The monoisotopic (exact) mass is 889 g/mol. The molecule has 3 aliphatic rings. The zero-order chi connectivity index (χ0) is 43.1. The number of carbonyl (C=O) groups is 1. The van der Waals surface area contributed by atoms with E-state index in [0.29, 0.717) is 63.1 Å². The van der Waals surface area contributed by atoms with Crippen molar-refractivity contribution in [3.8, 4) is 23.0 Å². The lowest BCUT2D eigenvalue weighted by Crippen LogP contribution is -2.40. The number of ether oxygens (including phenoxy) is 1. The van der Waals surface area contributed by atoms with Crippen LogP contribution in [0.5, 0.6) is 0 Å². The molecular weight excluding hydrogens is 848 g/mol. The summed E-state index contributed by atoms with van der Waals surface area (Å²) in [6, 6.07) is 8.62. The second-order valence-corrected chi connectivity index (χ2v) is 18.5. The largest absolute Gasteiger partial charge is 0.377 e. The average Bonchev–Trinajstić information content (AvgIpc) is 3.82. The first-order valence-electron chi connectivity index (χ1n) is 19.2. The van der Waals surface area contributed by atoms with Crippen LogP contribution in [0.2, 0.25) is 5.02 Å². The smallest absolute Gasteiger partial charge is 0.288 e. The maximum absolute atomic E-state index is 15.2. The highest BCUT2D eigenvalue weighted by Crippen LogP contribution is 2.45. The number of nitrogens with one attached hydrogen (secondary N) is 4. The normalized spacial score (nSPS) is 18.3. The van der Waals surface area contributed by atoms with Crippen LogP contribution in [-0.4, -0.2) is 74.7 Å². The van der Waals surface area contributed by atoms with Crippen molar-refractivity contribution in [2.75, 3.05) is 30.7 Å². The van der Waals surface area contributed by atoms with Crippen LogP contribution in [0.3, 0.4) is 0 Å². The Balaban J connectivity index is 1.36. The molecule has 7 rings (SSSR count). The number of aromatic nitrogens is 3. The van der Waals surface area contributed by atoms with E-state index in [9.17, 15) is 22.4 Å². The molecule has 1 aliphatic heterocycles. The van der Waals surface area contributed by atoms with Gasteiger partial charge in [0.05, 0.1) is 63.9 Å². The van der Waals surface area contributed by atoms with E-state index in [4.69, 9.17) is 31.8 Å². The molecule has 1 amide bonds. The number of thioether (sulfide) groups is 1. The Labute approximate surface area is 356 Å². The summed E-state index contributed by atoms with van der Waals surface area (Å²) in [4.78, 5) is 18.9. The molecule has 2 fully saturated rings. The molecule has 2 aromatic heterocycles. The molecule has 60 heavy (non-hydrogen) atoms. The molecule has 3 heterocycles. The van der Waals surface area contributed by atoms with Crippen molar-refractivity contribution in [2.24, 2.45) is 5.92 Å². The van der Waals surface area contributed by atoms with Crippen LogP contribution >= 0.6 is 35.3 Å². The zero-order valence-electron chi connectivity index (χ0n) is 33.0. The lowest BCUT2D eigenvalue weighted by Gasteiger charge is -2.28. The minimum absolute atomic E-state index is 0.145. The van der Waals surface area contributed by atoms with Gasteiger partial charge >= 0.3 is 0 Å². The maximum atomic E-state index is 15.2. The van der Waals surface area contributed by atoms with Gasteiger partial charge in [-0.15, -0.1) is 11.8 Å². The number of amides is 1. The molecule has 9 nitrogen and oxygen atoms in total. The molecule has 0 bridgehead atoms. The van der Waals surface area contributed by atoms with Crippen molar-refractivity contribution in [3.63, 3.8) is 0 Å². The van der Waals surface area contributed by atoms with Gasteiger partial charge < -0.3 is 20.1 Å². The van der Waals surface area contributed by atoms with Gasteiger partial charge in [0.1, 0.15) is 23.0 Å². The molecule has 2 atom stereocenters. The number of hydrogen-bond acceptors (Lipinski definition) is 9. The van der Waals surface area contributed by atoms with Gasteiger partial charge in [-0.2, -0.15) is 13.9 Å². The number of anilines is 1. The Morgan fingerprint density at radius 2 is 1.82 bits per heavy atom. The van der Waals surface area contributed by atoms with E-state index in [1.807, 2.05) is 24.8 Å². The number of carbonyl (C=O) groups excluding carboxylic acids is 1. The third-order valence-corrected chi connectivity index (χ3v) is 12.5. The molecule has 1 saturated heterocycles. The van der Waals surface area contributed by atoms with Crippen molar-refractivity contribution < 1.29 is 35.9 Å². The number of alkyl halides is 4. The van der Waals surface area contributed by atoms with Crippen LogP contribution < -0.4 is 15.4 Å². The molecule has 4 aromatic rings. The Morgan fingerprint density at radius 1 is 1.12 bits per heavy atom. The number of fused-ring (bicyclic) bond motifs is 1. The van der Waals surface area contributed by atoms with E-state index in [0.717, 1.165) is 25.0 Å². The Bertz CT molecular complexity index is 2410. The summed E-state index contributed by atoms with van der Waals surface area (Å²) in [6.45, 7) is 5.31. The third kappa shape index (κ3) is 9.56. The molecule has 2 aromatic carbocycles. The number of pyridine rings is 1. The van der Waals surface area contributed by atoms with Crippen molar-refractivity contribution in [1.29, 1.82) is 5.41 Å². The van der Waals surface area contributed by atoms with E-state index < -0.39 is 76.5 Å². The topological polar surface area (TPSA) is 117 Å². The van der Waals surface area contributed by atoms with Gasteiger partial charge in [0.15, 0.2) is 5.82 Å². The zero-order valence-corrected chi connectivity index (χ0v) is 35.4. The number of hydrogen-bond donors (Lipinski definition) is 4. The van der Waals surface area contributed by atoms with Gasteiger partial charge in [-0.25, -0.2) is 22.5 Å². The fraction of sp³-hybridized carbons (Fsp3) is 0.429. The predicted molar refractivity (Wildman–Crippen MR) is 225 cm³/mol. The van der Waals surface area contributed by atoms with Crippen molar-refractivity contribution in [3.05, 3.63) is 87.3 Å². The molecule has 4 N–H and O–H groups in total. The van der Waals surface area contributed by atoms with Crippen molar-refractivity contribution in [1.82, 2.24) is 25.4 Å². The summed E-state index contributed by atoms with van der Waals surface area (Å²) in [5.41, 5.74) is -0.325. The molecule has 318 valence electrons. The molecule has 2 aliphatic carbocycles. The standard InChI is InChI=1S/C42H42ClF6N7O2S2/c1-21-17-42(48,49)38(33(21)35(50)39(46)47)51-18-32(57)53-31(15-22-13-23(44)16-24(45)14-22)36-28(8-5-25(52-36)11-12-41(2,3)60-27-6-7-27)29-9-10-30(43)34-37(29)56(26-19-58-20-26)54-40(34)55-59-4/h5,8-10,13-14,16,21,26-27,31,39,50-51H,6-7,15,17-20H2,1-4H3,(H,53,57)(H,54,55)/t21-,31?/m0/s1. The van der Waals surface area contributed by atoms with E-state index in [-0.39, 0.29) is 23.7 Å². The van der Waals surface area contributed by atoms with Crippen molar-refractivity contribution >= 4 is 63.7 Å². The van der Waals surface area contributed by atoms with Gasteiger partial charge in [0.2, 0.25) is 5.91 Å². The number of allylic oxidation sites excluding steroid dienone is 2. The first-order chi connectivity index (χ1) is 28.4. The minimum Gasteiger partial charge on any atom is -0.377 e. The Hall–Kier alpha value is -4.37. The number of halogens is 7. The minimum atomic E-state index is -3.61.